The third-order valence-electron chi connectivity index (χ3n) is 5.46. The fourth-order valence-electron chi connectivity index (χ4n) is 4.23. The van der Waals surface area contributed by atoms with Crippen LogP contribution < -0.4 is 10.1 Å². The zero-order valence-corrected chi connectivity index (χ0v) is 14.9. The Morgan fingerprint density at radius 1 is 1.25 bits per heavy atom. The quantitative estimate of drug-likeness (QED) is 0.430. The minimum absolute atomic E-state index is 0.0241. The van der Waals surface area contributed by atoms with Crippen LogP contribution in [0.5, 0.6) is 5.75 Å². The van der Waals surface area contributed by atoms with Crippen molar-refractivity contribution in [2.75, 3.05) is 12.4 Å². The summed E-state index contributed by atoms with van der Waals surface area (Å²) in [5, 5.41) is 14.4. The lowest BCUT2D eigenvalue weighted by molar-refractivity contribution is -0.385. The summed E-state index contributed by atoms with van der Waals surface area (Å²) in [6.45, 7) is 0. The molecule has 1 aliphatic carbocycles. The van der Waals surface area contributed by atoms with E-state index < -0.39 is 22.7 Å². The summed E-state index contributed by atoms with van der Waals surface area (Å²) in [6, 6.07) is 8.23. The minimum Gasteiger partial charge on any atom is -0.490 e. The lowest BCUT2D eigenvalue weighted by Crippen LogP contribution is -2.30. The van der Waals surface area contributed by atoms with Gasteiger partial charge in [-0.3, -0.25) is 10.1 Å². The van der Waals surface area contributed by atoms with E-state index >= 15 is 0 Å². The molecule has 0 fully saturated rings. The van der Waals surface area contributed by atoms with Gasteiger partial charge in [0.15, 0.2) is 5.75 Å². The molecule has 0 saturated heterocycles. The van der Waals surface area contributed by atoms with Crippen molar-refractivity contribution in [3.63, 3.8) is 0 Å². The van der Waals surface area contributed by atoms with Gasteiger partial charge in [-0.25, -0.2) is 0 Å². The van der Waals surface area contributed by atoms with Crippen LogP contribution in [-0.2, 0) is 6.18 Å². The van der Waals surface area contributed by atoms with Crippen molar-refractivity contribution in [2.45, 2.75) is 24.6 Å². The number of alkyl halides is 3. The van der Waals surface area contributed by atoms with Crippen molar-refractivity contribution < 1.29 is 22.8 Å². The predicted molar refractivity (Wildman–Crippen MR) is 97.4 cm³/mol. The molecule has 0 amide bonds. The molecule has 1 heterocycles. The molecule has 0 bridgehead atoms. The number of hydrogen-bond acceptors (Lipinski definition) is 4. The summed E-state index contributed by atoms with van der Waals surface area (Å²) in [5.74, 6) is -0.0873. The van der Waals surface area contributed by atoms with E-state index in [-0.39, 0.29) is 29.0 Å². The smallest absolute Gasteiger partial charge is 0.418 e. The summed E-state index contributed by atoms with van der Waals surface area (Å²) in [6.07, 6.45) is 0.0640. The van der Waals surface area contributed by atoms with Gasteiger partial charge in [0.2, 0.25) is 0 Å². The maximum atomic E-state index is 13.6. The highest BCUT2D eigenvalue weighted by Crippen LogP contribution is 2.53. The Balaban J connectivity index is 1.83. The molecule has 1 N–H and O–H groups in total. The molecule has 8 heteroatoms. The number of methoxy groups -OCH3 is 1. The van der Waals surface area contributed by atoms with Crippen LogP contribution in [0.25, 0.3) is 0 Å². The number of benzene rings is 2. The van der Waals surface area contributed by atoms with Crippen LogP contribution in [0, 0.1) is 16.0 Å². The second-order valence-corrected chi connectivity index (χ2v) is 6.93. The Labute approximate surface area is 159 Å². The molecule has 3 unspecified atom stereocenters. The lowest BCUT2D eigenvalue weighted by Gasteiger charge is -2.38. The Hall–Kier alpha value is -3.03. The van der Waals surface area contributed by atoms with Crippen molar-refractivity contribution in [1.82, 2.24) is 0 Å². The number of nitro benzene ring substituents is 1. The number of halogens is 3. The monoisotopic (exact) mass is 390 g/mol. The number of hydrogen-bond donors (Lipinski definition) is 1. The molecule has 3 atom stereocenters. The summed E-state index contributed by atoms with van der Waals surface area (Å²) in [4.78, 5) is 10.8. The highest BCUT2D eigenvalue weighted by molar-refractivity contribution is 5.65. The zero-order chi connectivity index (χ0) is 20.1. The van der Waals surface area contributed by atoms with E-state index in [2.05, 4.69) is 5.32 Å². The standard InChI is InChI=1S/C20H17F3N2O3/c1-28-17-9-8-11(10-16(17)25(26)27)18-13-5-2-4-12(13)14-6-3-7-15(19(14)24-18)20(21,22)23/h2-4,6-10,12-13,18,24H,5H2,1H3. The van der Waals surface area contributed by atoms with E-state index in [1.54, 1.807) is 12.1 Å². The van der Waals surface area contributed by atoms with Gasteiger partial charge in [-0.15, -0.1) is 0 Å². The molecule has 0 saturated carbocycles. The van der Waals surface area contributed by atoms with E-state index in [1.165, 1.54) is 25.3 Å². The van der Waals surface area contributed by atoms with Crippen LogP contribution in [0.2, 0.25) is 0 Å². The molecule has 2 aromatic rings. The minimum atomic E-state index is -4.50. The molecule has 0 aromatic heterocycles. The molecule has 146 valence electrons. The maximum Gasteiger partial charge on any atom is 0.418 e. The fraction of sp³-hybridized carbons (Fsp3) is 0.300. The first-order chi connectivity index (χ1) is 13.3. The van der Waals surface area contributed by atoms with Crippen LogP contribution in [0.4, 0.5) is 24.5 Å². The van der Waals surface area contributed by atoms with Crippen LogP contribution in [-0.4, -0.2) is 12.0 Å². The number of allylic oxidation sites excluding steroid dienone is 2. The van der Waals surface area contributed by atoms with Crippen molar-refractivity contribution in [1.29, 1.82) is 0 Å². The van der Waals surface area contributed by atoms with Gasteiger partial charge in [0.05, 0.1) is 29.3 Å². The van der Waals surface area contributed by atoms with Gasteiger partial charge < -0.3 is 10.1 Å². The summed E-state index contributed by atoms with van der Waals surface area (Å²) in [5.41, 5.74) is 0.281. The number of rotatable bonds is 3. The van der Waals surface area contributed by atoms with Gasteiger partial charge in [0.25, 0.3) is 0 Å². The van der Waals surface area contributed by atoms with E-state index in [1.807, 2.05) is 12.2 Å². The lowest BCUT2D eigenvalue weighted by atomic mass is 9.76. The molecule has 0 spiro atoms. The van der Waals surface area contributed by atoms with Crippen LogP contribution in [0.15, 0.2) is 48.6 Å². The molecule has 2 aromatic carbocycles. The molecule has 2 aliphatic rings. The maximum absolute atomic E-state index is 13.6. The Morgan fingerprint density at radius 2 is 2.04 bits per heavy atom. The second kappa shape index (κ2) is 6.54. The average molecular weight is 390 g/mol. The number of fused-ring (bicyclic) bond motifs is 3. The van der Waals surface area contributed by atoms with E-state index in [0.717, 1.165) is 6.07 Å². The van der Waals surface area contributed by atoms with Gasteiger partial charge in [-0.1, -0.05) is 30.4 Å². The normalized spacial score (nSPS) is 22.9. The van der Waals surface area contributed by atoms with Gasteiger partial charge in [-0.2, -0.15) is 13.2 Å². The molecule has 5 nitrogen and oxygen atoms in total. The highest BCUT2D eigenvalue weighted by atomic mass is 19.4. The third-order valence-corrected chi connectivity index (χ3v) is 5.46. The topological polar surface area (TPSA) is 64.4 Å². The van der Waals surface area contributed by atoms with Crippen LogP contribution in [0.3, 0.4) is 0 Å². The van der Waals surface area contributed by atoms with Gasteiger partial charge in [-0.05, 0) is 35.6 Å². The molecule has 1 aliphatic heterocycles. The van der Waals surface area contributed by atoms with Crippen molar-refractivity contribution in [3.05, 3.63) is 75.4 Å². The molecular weight excluding hydrogens is 373 g/mol. The van der Waals surface area contributed by atoms with E-state index in [4.69, 9.17) is 4.74 Å². The largest absolute Gasteiger partial charge is 0.490 e. The first-order valence-electron chi connectivity index (χ1n) is 8.77. The van der Waals surface area contributed by atoms with E-state index in [0.29, 0.717) is 17.5 Å². The first kappa shape index (κ1) is 18.3. The van der Waals surface area contributed by atoms with Crippen molar-refractivity contribution in [2.24, 2.45) is 5.92 Å². The van der Waals surface area contributed by atoms with Crippen molar-refractivity contribution in [3.8, 4) is 5.75 Å². The molecule has 0 radical (unpaired) electrons. The van der Waals surface area contributed by atoms with Crippen molar-refractivity contribution >= 4 is 11.4 Å². The van der Waals surface area contributed by atoms with Gasteiger partial charge in [0, 0.05) is 12.0 Å². The van der Waals surface area contributed by atoms with Gasteiger partial charge in [0.1, 0.15) is 0 Å². The Kier molecular flexibility index (Phi) is 4.28. The summed E-state index contributed by atoms with van der Waals surface area (Å²) < 4.78 is 45.7. The number of ether oxygens (including phenoxy) is 1. The molecular formula is C20H17F3N2O3. The Bertz CT molecular complexity index is 972. The highest BCUT2D eigenvalue weighted by Gasteiger charge is 2.43. The number of nitrogens with one attached hydrogen (secondary N) is 1. The second-order valence-electron chi connectivity index (χ2n) is 6.93. The predicted octanol–water partition coefficient (Wildman–Crippen LogP) is 5.45. The summed E-state index contributed by atoms with van der Waals surface area (Å²) >= 11 is 0. The fourth-order valence-corrected chi connectivity index (χ4v) is 4.23. The SMILES string of the molecule is COc1ccc(C2Nc3c(cccc3C(F)(F)F)C3C=CCC32)cc1[N+](=O)[O-]. The number of nitrogens with zero attached hydrogens (tertiary/aromatic N) is 1. The first-order valence-corrected chi connectivity index (χ1v) is 8.77. The third kappa shape index (κ3) is 2.89. The van der Waals surface area contributed by atoms with Gasteiger partial charge >= 0.3 is 11.9 Å². The molecule has 28 heavy (non-hydrogen) atoms. The molecule has 4 rings (SSSR count). The van der Waals surface area contributed by atoms with Crippen LogP contribution >= 0.6 is 0 Å². The summed E-state index contributed by atoms with van der Waals surface area (Å²) in [7, 11) is 1.34. The average Bonchev–Trinajstić information content (AvgIpc) is 3.15. The Morgan fingerprint density at radius 3 is 2.71 bits per heavy atom. The zero-order valence-electron chi connectivity index (χ0n) is 14.9. The number of para-hydroxylation sites is 1. The number of nitro groups is 1. The van der Waals surface area contributed by atoms with E-state index in [9.17, 15) is 23.3 Å². The number of anilines is 1. The van der Waals surface area contributed by atoms with Crippen LogP contribution in [0.1, 0.15) is 35.1 Å².